The van der Waals surface area contributed by atoms with Crippen LogP contribution >= 0.6 is 11.6 Å². The molecule has 1 aliphatic heterocycles. The number of urea groups is 1. The summed E-state index contributed by atoms with van der Waals surface area (Å²) in [5.41, 5.74) is -3.66. The lowest BCUT2D eigenvalue weighted by molar-refractivity contribution is -0.271. The summed E-state index contributed by atoms with van der Waals surface area (Å²) in [5, 5.41) is 11.4. The van der Waals surface area contributed by atoms with Gasteiger partial charge in [0.25, 0.3) is 0 Å². The molecular weight excluding hydrogens is 359 g/mol. The van der Waals surface area contributed by atoms with Gasteiger partial charge in [-0.3, -0.25) is 0 Å². The Morgan fingerprint density at radius 3 is 2.38 bits per heavy atom. The molecule has 1 aromatic rings. The van der Waals surface area contributed by atoms with Crippen LogP contribution in [0.2, 0.25) is 5.02 Å². The van der Waals surface area contributed by atoms with Crippen molar-refractivity contribution in [1.29, 1.82) is 0 Å². The molecule has 2 rings (SSSR count). The smallest absolute Gasteiger partial charge is 0.380 e. The number of carbonyl (C=O) groups excluding carboxylic acids is 1. The third-order valence-corrected chi connectivity index (χ3v) is 4.43. The van der Waals surface area contributed by atoms with Gasteiger partial charge in [0.1, 0.15) is 5.69 Å². The zero-order chi connectivity index (χ0) is 18.3. The molecule has 10 heteroatoms. The minimum Gasteiger partial charge on any atom is -0.380 e. The molecule has 1 saturated heterocycles. The monoisotopic (exact) mass is 372 g/mol. The van der Waals surface area contributed by atoms with E-state index in [-0.39, 0.29) is 10.6 Å². The van der Waals surface area contributed by atoms with E-state index < -0.39 is 61.1 Å². The number of aliphatic hydroxyl groups is 1. The number of nitrogens with zero attached hydrogens (tertiary/aromatic N) is 1. The Balaban J connectivity index is 2.10. The number of piperidine rings is 1. The van der Waals surface area contributed by atoms with Crippen LogP contribution < -0.4 is 5.32 Å². The number of carbonyl (C=O) groups is 1. The molecule has 1 aromatic carbocycles. The maximum Gasteiger partial charge on any atom is 0.417 e. The number of hydrogen-bond acceptors (Lipinski definition) is 2. The molecule has 0 spiro atoms. The van der Waals surface area contributed by atoms with E-state index >= 15 is 0 Å². The summed E-state index contributed by atoms with van der Waals surface area (Å²) >= 11 is 5.61. The van der Waals surface area contributed by atoms with Gasteiger partial charge < -0.3 is 15.3 Å². The van der Waals surface area contributed by atoms with Gasteiger partial charge in [-0.25, -0.2) is 13.6 Å². The third kappa shape index (κ3) is 3.41. The number of amides is 2. The number of alkyl halides is 3. The molecule has 134 valence electrons. The van der Waals surface area contributed by atoms with Gasteiger partial charge in [-0.2, -0.15) is 13.2 Å². The number of halogens is 6. The Hall–Kier alpha value is -1.61. The summed E-state index contributed by atoms with van der Waals surface area (Å²) in [5.74, 6) is -2.16. The summed E-state index contributed by atoms with van der Waals surface area (Å²) in [4.78, 5) is 13.0. The molecule has 24 heavy (non-hydrogen) atoms. The highest BCUT2D eigenvalue weighted by Crippen LogP contribution is 2.38. The van der Waals surface area contributed by atoms with E-state index in [0.717, 1.165) is 11.0 Å². The van der Waals surface area contributed by atoms with Crippen LogP contribution in [0.5, 0.6) is 0 Å². The van der Waals surface area contributed by atoms with Crippen molar-refractivity contribution in [3.63, 3.8) is 0 Å². The predicted octanol–water partition coefficient (Wildman–Crippen LogP) is 3.85. The van der Waals surface area contributed by atoms with Gasteiger partial charge in [0.05, 0.1) is 0 Å². The number of anilines is 1. The van der Waals surface area contributed by atoms with Crippen molar-refractivity contribution in [3.05, 3.63) is 28.3 Å². The second-order valence-corrected chi connectivity index (χ2v) is 6.01. The Morgan fingerprint density at radius 1 is 1.33 bits per heavy atom. The van der Waals surface area contributed by atoms with Crippen LogP contribution in [0.25, 0.3) is 0 Å². The number of hydrogen-bond donors (Lipinski definition) is 2. The molecule has 0 saturated carbocycles. The lowest BCUT2D eigenvalue weighted by Gasteiger charge is -2.39. The fourth-order valence-electron chi connectivity index (χ4n) is 2.35. The molecule has 1 fully saturated rings. The highest BCUT2D eigenvalue weighted by atomic mass is 35.5. The zero-order valence-electron chi connectivity index (χ0n) is 12.5. The second kappa shape index (κ2) is 6.36. The van der Waals surface area contributed by atoms with Crippen molar-refractivity contribution in [3.8, 4) is 0 Å². The average Bonchev–Trinajstić information content (AvgIpc) is 2.49. The SMILES string of the molecule is Cc1c(Cl)cc(F)c(NC(=O)N2CCC(O)(C(F)(F)F)CC2)c1F. The van der Waals surface area contributed by atoms with Gasteiger partial charge in [0.15, 0.2) is 17.2 Å². The van der Waals surface area contributed by atoms with Gasteiger partial charge in [0.2, 0.25) is 0 Å². The van der Waals surface area contributed by atoms with E-state index in [9.17, 15) is 31.9 Å². The lowest BCUT2D eigenvalue weighted by Crippen LogP contribution is -2.55. The Bertz CT molecular complexity index is 658. The van der Waals surface area contributed by atoms with Crippen molar-refractivity contribution in [2.75, 3.05) is 18.4 Å². The first-order valence-electron chi connectivity index (χ1n) is 6.95. The van der Waals surface area contributed by atoms with E-state index in [1.54, 1.807) is 0 Å². The summed E-state index contributed by atoms with van der Waals surface area (Å²) in [6.45, 7) is 0.479. The molecular formula is C14H14ClF5N2O2. The first-order valence-corrected chi connectivity index (χ1v) is 7.33. The van der Waals surface area contributed by atoms with Crippen molar-refractivity contribution in [1.82, 2.24) is 4.90 Å². The summed E-state index contributed by atoms with van der Waals surface area (Å²) in [7, 11) is 0. The first-order chi connectivity index (χ1) is 11.0. The Kier molecular flexibility index (Phi) is 4.96. The summed E-state index contributed by atoms with van der Waals surface area (Å²) < 4.78 is 65.9. The van der Waals surface area contributed by atoms with E-state index in [4.69, 9.17) is 11.6 Å². The van der Waals surface area contributed by atoms with Crippen molar-refractivity contribution >= 4 is 23.3 Å². The molecule has 0 atom stereocenters. The molecule has 1 aliphatic rings. The van der Waals surface area contributed by atoms with Crippen LogP contribution in [-0.2, 0) is 0 Å². The quantitative estimate of drug-likeness (QED) is 0.736. The number of likely N-dealkylation sites (tertiary alicyclic amines) is 1. The highest BCUT2D eigenvalue weighted by Gasteiger charge is 2.54. The molecule has 0 bridgehead atoms. The average molecular weight is 373 g/mol. The molecule has 4 nitrogen and oxygen atoms in total. The number of benzene rings is 1. The topological polar surface area (TPSA) is 52.6 Å². The number of nitrogens with one attached hydrogen (secondary N) is 1. The van der Waals surface area contributed by atoms with Gasteiger partial charge in [-0.05, 0) is 13.0 Å². The van der Waals surface area contributed by atoms with Crippen molar-refractivity contribution in [2.45, 2.75) is 31.5 Å². The molecule has 0 aromatic heterocycles. The normalized spacial score (nSPS) is 17.8. The van der Waals surface area contributed by atoms with Gasteiger partial charge >= 0.3 is 12.2 Å². The molecule has 0 radical (unpaired) electrons. The van der Waals surface area contributed by atoms with Crippen LogP contribution in [-0.4, -0.2) is 40.9 Å². The summed E-state index contributed by atoms with van der Waals surface area (Å²) in [6, 6.07) is -0.132. The van der Waals surface area contributed by atoms with E-state index in [2.05, 4.69) is 0 Å². The third-order valence-electron chi connectivity index (χ3n) is 4.04. The van der Waals surface area contributed by atoms with Crippen molar-refractivity contribution in [2.24, 2.45) is 0 Å². The van der Waals surface area contributed by atoms with Crippen LogP contribution in [0, 0.1) is 18.6 Å². The van der Waals surface area contributed by atoms with Crippen LogP contribution in [0.15, 0.2) is 6.07 Å². The van der Waals surface area contributed by atoms with Gasteiger partial charge in [0, 0.05) is 36.5 Å². The maximum absolute atomic E-state index is 14.0. The Labute approximate surface area is 139 Å². The maximum atomic E-state index is 14.0. The standard InChI is InChI=1S/C14H14ClF5N2O2/c1-7-8(15)6-9(16)11(10(7)17)21-12(23)22-4-2-13(24,3-5-22)14(18,19)20/h6,24H,2-5H2,1H3,(H,21,23). The van der Waals surface area contributed by atoms with E-state index in [1.165, 1.54) is 6.92 Å². The Morgan fingerprint density at radius 2 is 1.88 bits per heavy atom. The minimum absolute atomic E-state index is 0.0709. The first kappa shape index (κ1) is 18.7. The molecule has 0 unspecified atom stereocenters. The fraction of sp³-hybridized carbons (Fsp3) is 0.500. The van der Waals surface area contributed by atoms with Crippen LogP contribution in [0.3, 0.4) is 0 Å². The zero-order valence-corrected chi connectivity index (χ0v) is 13.2. The van der Waals surface area contributed by atoms with E-state index in [1.807, 2.05) is 5.32 Å². The summed E-state index contributed by atoms with van der Waals surface area (Å²) in [6.07, 6.45) is -6.23. The minimum atomic E-state index is -4.80. The van der Waals surface area contributed by atoms with Crippen LogP contribution in [0.1, 0.15) is 18.4 Å². The molecule has 2 amide bonds. The lowest BCUT2D eigenvalue weighted by atomic mass is 9.91. The van der Waals surface area contributed by atoms with E-state index in [0.29, 0.717) is 0 Å². The molecule has 0 aliphatic carbocycles. The van der Waals surface area contributed by atoms with Crippen molar-refractivity contribution < 1.29 is 31.9 Å². The highest BCUT2D eigenvalue weighted by molar-refractivity contribution is 6.31. The largest absolute Gasteiger partial charge is 0.417 e. The predicted molar refractivity (Wildman–Crippen MR) is 76.9 cm³/mol. The second-order valence-electron chi connectivity index (χ2n) is 5.60. The fourth-order valence-corrected chi connectivity index (χ4v) is 2.53. The van der Waals surface area contributed by atoms with Crippen LogP contribution in [0.4, 0.5) is 32.4 Å². The number of rotatable bonds is 1. The van der Waals surface area contributed by atoms with Gasteiger partial charge in [-0.1, -0.05) is 11.6 Å². The molecule has 1 heterocycles. The van der Waals surface area contributed by atoms with Gasteiger partial charge in [-0.15, -0.1) is 0 Å². The molecule has 2 N–H and O–H groups in total.